The fraction of sp³-hybridized carbons (Fsp3) is 0.318. The van der Waals surface area contributed by atoms with Gasteiger partial charge in [-0.3, -0.25) is 0 Å². The van der Waals surface area contributed by atoms with Crippen molar-refractivity contribution in [3.63, 3.8) is 0 Å². The summed E-state index contributed by atoms with van der Waals surface area (Å²) in [4.78, 5) is 18.4. The molecule has 2 heterocycles. The number of hydrogen-bond acceptors (Lipinski definition) is 4. The summed E-state index contributed by atoms with van der Waals surface area (Å²) in [5, 5.41) is 6.08. The van der Waals surface area contributed by atoms with E-state index in [1.165, 1.54) is 4.90 Å². The lowest BCUT2D eigenvalue weighted by Crippen LogP contribution is -2.34. The molecule has 0 bridgehead atoms. The second kappa shape index (κ2) is 8.65. The Morgan fingerprint density at radius 1 is 1.06 bits per heavy atom. The van der Waals surface area contributed by atoms with Crippen LogP contribution in [-0.2, 0) is 12.4 Å². The highest BCUT2D eigenvalue weighted by Gasteiger charge is 2.38. The monoisotopic (exact) mass is 484 g/mol. The van der Waals surface area contributed by atoms with Crippen LogP contribution in [0.3, 0.4) is 0 Å². The average molecular weight is 484 g/mol. The maximum Gasteiger partial charge on any atom is 0.416 e. The number of rotatable bonds is 3. The summed E-state index contributed by atoms with van der Waals surface area (Å²) in [6.45, 7) is 2.11. The molecule has 0 radical (unpaired) electrons. The molecule has 1 atom stereocenters. The van der Waals surface area contributed by atoms with Crippen LogP contribution >= 0.6 is 0 Å². The van der Waals surface area contributed by atoms with E-state index in [1.807, 2.05) is 25.1 Å². The van der Waals surface area contributed by atoms with Crippen molar-refractivity contribution in [3.05, 3.63) is 65.0 Å². The molecule has 1 fully saturated rings. The second-order valence-corrected chi connectivity index (χ2v) is 7.90. The Balaban J connectivity index is 1.57. The molecule has 1 aromatic heterocycles. The van der Waals surface area contributed by atoms with Crippen LogP contribution in [0.15, 0.2) is 47.0 Å². The number of halogens is 6. The molecule has 1 aliphatic rings. The minimum absolute atomic E-state index is 0.000419. The summed E-state index contributed by atoms with van der Waals surface area (Å²) in [7, 11) is 0. The summed E-state index contributed by atoms with van der Waals surface area (Å²) in [5.74, 6) is 0.433. The molecule has 1 aliphatic heterocycles. The van der Waals surface area contributed by atoms with Crippen LogP contribution in [0.2, 0.25) is 0 Å². The van der Waals surface area contributed by atoms with Gasteiger partial charge >= 0.3 is 18.4 Å². The first-order valence-electron chi connectivity index (χ1n) is 10.2. The van der Waals surface area contributed by atoms with E-state index >= 15 is 0 Å². The summed E-state index contributed by atoms with van der Waals surface area (Å²) in [6, 6.07) is 6.73. The van der Waals surface area contributed by atoms with Gasteiger partial charge in [-0.15, -0.1) is 0 Å². The summed E-state index contributed by atoms with van der Waals surface area (Å²) in [6.07, 6.45) is -9.06. The van der Waals surface area contributed by atoms with E-state index < -0.39 is 41.2 Å². The molecule has 3 aromatic rings. The lowest BCUT2D eigenvalue weighted by molar-refractivity contribution is -0.143. The van der Waals surface area contributed by atoms with Crippen molar-refractivity contribution >= 4 is 11.7 Å². The zero-order chi connectivity index (χ0) is 24.7. The topological polar surface area (TPSA) is 71.3 Å². The van der Waals surface area contributed by atoms with Crippen LogP contribution in [0.1, 0.15) is 41.5 Å². The van der Waals surface area contributed by atoms with Crippen molar-refractivity contribution < 1.29 is 35.7 Å². The predicted molar refractivity (Wildman–Crippen MR) is 109 cm³/mol. The minimum Gasteiger partial charge on any atom is -0.337 e. The normalized spacial score (nSPS) is 16.7. The molecule has 6 nitrogen and oxygen atoms in total. The van der Waals surface area contributed by atoms with Gasteiger partial charge < -0.3 is 14.7 Å². The molecule has 180 valence electrons. The van der Waals surface area contributed by atoms with Crippen molar-refractivity contribution in [2.45, 2.75) is 38.2 Å². The molecule has 1 unspecified atom stereocenters. The first-order chi connectivity index (χ1) is 15.9. The van der Waals surface area contributed by atoms with E-state index in [0.29, 0.717) is 36.4 Å². The first kappa shape index (κ1) is 23.6. The van der Waals surface area contributed by atoms with E-state index in [-0.39, 0.29) is 18.5 Å². The van der Waals surface area contributed by atoms with Crippen LogP contribution in [0.5, 0.6) is 0 Å². The SMILES string of the molecule is Cc1cccc(-c2noc(C3CCCN3C(=O)Nc3cc(C(F)(F)F)cc(C(F)(F)F)c3)n2)c1. The second-order valence-electron chi connectivity index (χ2n) is 7.90. The highest BCUT2D eigenvalue weighted by Crippen LogP contribution is 2.38. The third kappa shape index (κ3) is 5.00. The fourth-order valence-corrected chi connectivity index (χ4v) is 3.76. The van der Waals surface area contributed by atoms with Crippen LogP contribution < -0.4 is 5.32 Å². The lowest BCUT2D eigenvalue weighted by Gasteiger charge is -2.23. The zero-order valence-corrected chi connectivity index (χ0v) is 17.7. The molecule has 2 amide bonds. The Morgan fingerprint density at radius 2 is 1.74 bits per heavy atom. The van der Waals surface area contributed by atoms with E-state index in [0.717, 1.165) is 5.56 Å². The van der Waals surface area contributed by atoms with Gasteiger partial charge in [0.2, 0.25) is 11.7 Å². The van der Waals surface area contributed by atoms with Gasteiger partial charge in [-0.05, 0) is 44.0 Å². The summed E-state index contributed by atoms with van der Waals surface area (Å²) >= 11 is 0. The Kier molecular flexibility index (Phi) is 6.00. The quantitative estimate of drug-likeness (QED) is 0.434. The van der Waals surface area contributed by atoms with Crippen molar-refractivity contribution in [2.75, 3.05) is 11.9 Å². The van der Waals surface area contributed by atoms with Crippen molar-refractivity contribution in [2.24, 2.45) is 0 Å². The summed E-state index contributed by atoms with van der Waals surface area (Å²) in [5.41, 5.74) is -1.98. The van der Waals surface area contributed by atoms with Gasteiger partial charge in [0.25, 0.3) is 0 Å². The number of carbonyl (C=O) groups is 1. The van der Waals surface area contributed by atoms with Crippen LogP contribution in [0, 0.1) is 6.92 Å². The Bertz CT molecular complexity index is 1170. The standard InChI is InChI=1S/C22H18F6N4O2/c1-12-4-2-5-13(8-12)18-30-19(34-31-18)17-6-3-7-32(17)20(33)29-16-10-14(21(23,24)25)9-15(11-16)22(26,27)28/h2,4-5,8-11,17H,3,6-7H2,1H3,(H,29,33). The number of aryl methyl sites for hydroxylation is 1. The number of urea groups is 1. The number of nitrogens with zero attached hydrogens (tertiary/aromatic N) is 3. The van der Waals surface area contributed by atoms with Crippen LogP contribution in [-0.4, -0.2) is 27.6 Å². The van der Waals surface area contributed by atoms with Crippen molar-refractivity contribution in [3.8, 4) is 11.4 Å². The third-order valence-corrected chi connectivity index (χ3v) is 5.36. The molecule has 1 N–H and O–H groups in total. The molecule has 4 rings (SSSR count). The molecule has 1 saturated heterocycles. The molecular formula is C22H18F6N4O2. The molecule has 12 heteroatoms. The molecule has 34 heavy (non-hydrogen) atoms. The maximum atomic E-state index is 13.1. The number of hydrogen-bond donors (Lipinski definition) is 1. The van der Waals surface area contributed by atoms with Gasteiger partial charge in [-0.2, -0.15) is 31.3 Å². The number of nitrogens with one attached hydrogen (secondary N) is 1. The Morgan fingerprint density at radius 3 is 2.35 bits per heavy atom. The number of likely N-dealkylation sites (tertiary alicyclic amines) is 1. The van der Waals surface area contributed by atoms with Gasteiger partial charge in [-0.25, -0.2) is 4.79 Å². The smallest absolute Gasteiger partial charge is 0.337 e. The minimum atomic E-state index is -5.02. The average Bonchev–Trinajstić information content (AvgIpc) is 3.42. The highest BCUT2D eigenvalue weighted by atomic mass is 19.4. The highest BCUT2D eigenvalue weighted by molar-refractivity contribution is 5.90. The van der Waals surface area contributed by atoms with E-state index in [9.17, 15) is 31.1 Å². The molecular weight excluding hydrogens is 466 g/mol. The van der Waals surface area contributed by atoms with E-state index in [2.05, 4.69) is 15.5 Å². The molecule has 0 saturated carbocycles. The largest absolute Gasteiger partial charge is 0.416 e. The Labute approximate surface area is 189 Å². The lowest BCUT2D eigenvalue weighted by atomic mass is 10.1. The number of anilines is 1. The number of aromatic nitrogens is 2. The number of amides is 2. The van der Waals surface area contributed by atoms with E-state index in [1.54, 1.807) is 6.07 Å². The predicted octanol–water partition coefficient (Wildman–Crippen LogP) is 6.45. The van der Waals surface area contributed by atoms with Gasteiger partial charge in [0.15, 0.2) is 0 Å². The van der Waals surface area contributed by atoms with E-state index in [4.69, 9.17) is 4.52 Å². The fourth-order valence-electron chi connectivity index (χ4n) is 3.76. The zero-order valence-electron chi connectivity index (χ0n) is 17.7. The number of carbonyl (C=O) groups excluding carboxylic acids is 1. The van der Waals surface area contributed by atoms with Crippen molar-refractivity contribution in [1.82, 2.24) is 15.0 Å². The number of alkyl halides is 6. The van der Waals surface area contributed by atoms with Gasteiger partial charge in [-0.1, -0.05) is 28.9 Å². The van der Waals surface area contributed by atoms with Crippen LogP contribution in [0.4, 0.5) is 36.8 Å². The summed E-state index contributed by atoms with van der Waals surface area (Å²) < 4.78 is 84.0. The number of benzene rings is 2. The molecule has 2 aromatic carbocycles. The van der Waals surface area contributed by atoms with Gasteiger partial charge in [0.05, 0.1) is 11.1 Å². The van der Waals surface area contributed by atoms with Gasteiger partial charge in [0.1, 0.15) is 6.04 Å². The van der Waals surface area contributed by atoms with Gasteiger partial charge in [0, 0.05) is 17.8 Å². The molecule has 0 aliphatic carbocycles. The van der Waals surface area contributed by atoms with Crippen LogP contribution in [0.25, 0.3) is 11.4 Å². The molecule has 0 spiro atoms. The van der Waals surface area contributed by atoms with Crippen molar-refractivity contribution in [1.29, 1.82) is 0 Å². The maximum absolute atomic E-state index is 13.1. The Hall–Kier alpha value is -3.57. The first-order valence-corrected chi connectivity index (χ1v) is 10.2. The third-order valence-electron chi connectivity index (χ3n) is 5.36.